The molecule has 0 aliphatic rings. The fourth-order valence-electron chi connectivity index (χ4n) is 3.67. The van der Waals surface area contributed by atoms with Crippen molar-refractivity contribution in [3.8, 4) is 11.5 Å². The third kappa shape index (κ3) is 7.86. The van der Waals surface area contributed by atoms with Crippen molar-refractivity contribution in [2.75, 3.05) is 16.4 Å². The number of hydrogen-bond donors (Lipinski definition) is 4. The zero-order valence-electron chi connectivity index (χ0n) is 20.7. The number of nitrogens with two attached hydrogens (primary N) is 1. The molecule has 0 aliphatic carbocycles. The number of carbonyl (C=O) groups excluding carboxylic acids is 2. The van der Waals surface area contributed by atoms with E-state index in [1.54, 1.807) is 84.9 Å². The molecule has 0 fully saturated rings. The number of para-hydroxylation sites is 4. The van der Waals surface area contributed by atoms with Crippen molar-refractivity contribution in [2.24, 2.45) is 0 Å². The monoisotopic (exact) mass is 587 g/mol. The molecule has 0 heterocycles. The zero-order chi connectivity index (χ0) is 27.6. The van der Waals surface area contributed by atoms with E-state index in [1.807, 2.05) is 12.1 Å². The van der Waals surface area contributed by atoms with Crippen LogP contribution in [0.15, 0.2) is 120 Å². The Morgan fingerprint density at radius 2 is 1.54 bits per heavy atom. The Hall–Kier alpha value is -4.76. The van der Waals surface area contributed by atoms with Crippen molar-refractivity contribution in [1.29, 1.82) is 0 Å². The molecule has 0 bridgehead atoms. The van der Waals surface area contributed by atoms with E-state index in [2.05, 4.69) is 26.6 Å². The number of amides is 2. The van der Waals surface area contributed by atoms with Gasteiger partial charge in [-0.25, -0.2) is 4.79 Å². The Kier molecular flexibility index (Phi) is 9.20. The van der Waals surface area contributed by atoms with E-state index in [-0.39, 0.29) is 11.3 Å². The first-order chi connectivity index (χ1) is 18.9. The quantitative estimate of drug-likeness (QED) is 0.128. The van der Waals surface area contributed by atoms with Crippen LogP contribution in [0, 0.1) is 0 Å². The average molecular weight is 588 g/mol. The van der Waals surface area contributed by atoms with E-state index < -0.39 is 24.2 Å². The molecule has 0 aromatic heterocycles. The number of anilines is 3. The van der Waals surface area contributed by atoms with Gasteiger partial charge in [0, 0.05) is 21.8 Å². The number of nitrogen functional groups attached to an aromatic ring is 1. The number of nitrogens with one attached hydrogen (secondary N) is 2. The molecule has 8 nitrogen and oxygen atoms in total. The summed E-state index contributed by atoms with van der Waals surface area (Å²) >= 11 is 3.40. The van der Waals surface area contributed by atoms with Crippen LogP contribution < -0.4 is 21.1 Å². The maximum Gasteiger partial charge on any atom is 0.412 e. The molecular formula is C30H26BrN3O5. The lowest BCUT2D eigenvalue weighted by atomic mass is 10.0. The highest BCUT2D eigenvalue weighted by Gasteiger charge is 2.30. The molecule has 0 radical (unpaired) electrons. The Bertz CT molecular complexity index is 1450. The normalized spacial score (nSPS) is 12.3. The van der Waals surface area contributed by atoms with Crippen LogP contribution in [-0.2, 0) is 9.53 Å². The molecule has 4 aromatic carbocycles. The highest BCUT2D eigenvalue weighted by molar-refractivity contribution is 9.10. The Morgan fingerprint density at radius 3 is 2.26 bits per heavy atom. The third-order valence-corrected chi connectivity index (χ3v) is 6.01. The number of phenolic OH excluding ortho intramolecular Hbond substituents is 1. The Labute approximate surface area is 234 Å². The Morgan fingerprint density at radius 1 is 0.872 bits per heavy atom. The predicted octanol–water partition coefficient (Wildman–Crippen LogP) is 6.67. The van der Waals surface area contributed by atoms with Crippen LogP contribution in [-0.4, -0.2) is 23.2 Å². The number of halogens is 1. The second-order valence-corrected chi connectivity index (χ2v) is 9.27. The number of hydrogen-bond acceptors (Lipinski definition) is 6. The lowest BCUT2D eigenvalue weighted by molar-refractivity contribution is -0.112. The summed E-state index contributed by atoms with van der Waals surface area (Å²) in [5, 5.41) is 16.1. The fourth-order valence-corrected chi connectivity index (χ4v) is 4.05. The molecule has 2 atom stereocenters. The molecule has 198 valence electrons. The number of aromatic hydroxyl groups is 1. The summed E-state index contributed by atoms with van der Waals surface area (Å²) in [5.41, 5.74) is 7.60. The lowest BCUT2D eigenvalue weighted by Gasteiger charge is -2.27. The van der Waals surface area contributed by atoms with Crippen LogP contribution in [0.25, 0.3) is 0 Å². The molecule has 2 amide bonds. The van der Waals surface area contributed by atoms with Gasteiger partial charge < -0.3 is 25.6 Å². The van der Waals surface area contributed by atoms with Crippen molar-refractivity contribution in [2.45, 2.75) is 12.2 Å². The van der Waals surface area contributed by atoms with Gasteiger partial charge in [-0.05, 0) is 60.7 Å². The molecule has 4 rings (SSSR count). The van der Waals surface area contributed by atoms with Gasteiger partial charge >= 0.3 is 6.09 Å². The maximum atomic E-state index is 13.0. The summed E-state index contributed by atoms with van der Waals surface area (Å²) in [4.78, 5) is 25.7. The van der Waals surface area contributed by atoms with Crippen LogP contribution in [0.1, 0.15) is 11.7 Å². The maximum absolute atomic E-state index is 13.0. The van der Waals surface area contributed by atoms with Crippen LogP contribution in [0.4, 0.5) is 21.9 Å². The molecule has 0 saturated heterocycles. The minimum absolute atomic E-state index is 0.118. The van der Waals surface area contributed by atoms with Gasteiger partial charge in [-0.3, -0.25) is 10.1 Å². The average Bonchev–Trinajstić information content (AvgIpc) is 2.93. The topological polar surface area (TPSA) is 123 Å². The summed E-state index contributed by atoms with van der Waals surface area (Å²) in [6.07, 6.45) is -0.226. The van der Waals surface area contributed by atoms with Crippen molar-refractivity contribution in [3.05, 3.63) is 125 Å². The Balaban J connectivity index is 1.67. The smallest absolute Gasteiger partial charge is 0.412 e. The summed E-state index contributed by atoms with van der Waals surface area (Å²) in [6.45, 7) is 0. The van der Waals surface area contributed by atoms with Crippen molar-refractivity contribution >= 4 is 45.0 Å². The number of benzene rings is 4. The molecule has 0 unspecified atom stereocenters. The highest BCUT2D eigenvalue weighted by Crippen LogP contribution is 2.35. The van der Waals surface area contributed by atoms with Gasteiger partial charge in [0.2, 0.25) is 5.91 Å². The van der Waals surface area contributed by atoms with Gasteiger partial charge in [-0.2, -0.15) is 0 Å². The largest absolute Gasteiger partial charge is 0.508 e. The van der Waals surface area contributed by atoms with E-state index in [4.69, 9.17) is 15.2 Å². The van der Waals surface area contributed by atoms with E-state index in [9.17, 15) is 14.7 Å². The molecule has 0 saturated carbocycles. The van der Waals surface area contributed by atoms with Gasteiger partial charge in [0.1, 0.15) is 11.5 Å². The van der Waals surface area contributed by atoms with Crippen LogP contribution in [0.5, 0.6) is 11.5 Å². The predicted molar refractivity (Wildman–Crippen MR) is 155 cm³/mol. The molecular weight excluding hydrogens is 562 g/mol. The van der Waals surface area contributed by atoms with Gasteiger partial charge in [-0.15, -0.1) is 0 Å². The molecule has 0 aliphatic heterocycles. The summed E-state index contributed by atoms with van der Waals surface area (Å²) in [5.74, 6) is -0.126. The minimum Gasteiger partial charge on any atom is -0.508 e. The van der Waals surface area contributed by atoms with E-state index >= 15 is 0 Å². The highest BCUT2D eigenvalue weighted by atomic mass is 79.9. The number of carbonyl (C=O) groups is 2. The third-order valence-electron chi connectivity index (χ3n) is 5.52. The zero-order valence-corrected chi connectivity index (χ0v) is 22.2. The molecule has 9 heteroatoms. The lowest BCUT2D eigenvalue weighted by Crippen LogP contribution is -2.30. The number of ether oxygens (including phenoxy) is 2. The summed E-state index contributed by atoms with van der Waals surface area (Å²) in [7, 11) is 0. The first-order valence-electron chi connectivity index (χ1n) is 12.0. The second kappa shape index (κ2) is 13.2. The van der Waals surface area contributed by atoms with Gasteiger partial charge in [0.05, 0.1) is 11.4 Å². The number of rotatable bonds is 9. The SMILES string of the molecule is Nc1ccccc1NC(=O)/C=C/[C@@H](Oc1ccccc1)[C@H](OC(=O)Nc1ccccc1)c1cc(Br)ccc1O. The van der Waals surface area contributed by atoms with Gasteiger partial charge in [0.15, 0.2) is 12.2 Å². The summed E-state index contributed by atoms with van der Waals surface area (Å²) < 4.78 is 12.6. The molecule has 0 spiro atoms. The van der Waals surface area contributed by atoms with E-state index in [1.165, 1.54) is 18.2 Å². The first kappa shape index (κ1) is 27.3. The van der Waals surface area contributed by atoms with E-state index in [0.29, 0.717) is 27.3 Å². The van der Waals surface area contributed by atoms with Crippen LogP contribution in [0.3, 0.4) is 0 Å². The van der Waals surface area contributed by atoms with Gasteiger partial charge in [0.25, 0.3) is 0 Å². The standard InChI is InChI=1S/C30H26BrN3O5/c31-20-15-16-26(35)23(19-20)29(39-30(37)33-21-9-3-1-4-10-21)27(38-22-11-5-2-6-12-22)17-18-28(36)34-25-14-8-7-13-24(25)32/h1-19,27,29,35H,32H2,(H,33,37)(H,34,36)/b18-17+/t27-,29-/m1/s1. The van der Waals surface area contributed by atoms with Crippen molar-refractivity contribution < 1.29 is 24.2 Å². The summed E-state index contributed by atoms with van der Waals surface area (Å²) in [6, 6.07) is 29.3. The minimum atomic E-state index is -1.16. The van der Waals surface area contributed by atoms with Crippen LogP contribution in [0.2, 0.25) is 0 Å². The second-order valence-electron chi connectivity index (χ2n) is 8.35. The molecule has 4 aromatic rings. The fraction of sp³-hybridized carbons (Fsp3) is 0.0667. The van der Waals surface area contributed by atoms with Crippen LogP contribution >= 0.6 is 15.9 Å². The van der Waals surface area contributed by atoms with Gasteiger partial charge in [-0.1, -0.05) is 64.5 Å². The van der Waals surface area contributed by atoms with Crippen molar-refractivity contribution in [3.63, 3.8) is 0 Å². The first-order valence-corrected chi connectivity index (χ1v) is 12.7. The van der Waals surface area contributed by atoms with E-state index in [0.717, 1.165) is 0 Å². The number of phenols is 1. The molecule has 5 N–H and O–H groups in total. The molecule has 39 heavy (non-hydrogen) atoms. The van der Waals surface area contributed by atoms with Crippen molar-refractivity contribution in [1.82, 2.24) is 0 Å².